The highest BCUT2D eigenvalue weighted by molar-refractivity contribution is 7.99. The second-order valence-corrected chi connectivity index (χ2v) is 8.98. The van der Waals surface area contributed by atoms with Crippen molar-refractivity contribution >= 4 is 34.5 Å². The Hall–Kier alpha value is -2.82. The van der Waals surface area contributed by atoms with E-state index in [1.807, 2.05) is 6.92 Å². The van der Waals surface area contributed by atoms with Crippen LogP contribution in [0.2, 0.25) is 0 Å². The number of piperidine rings is 1. The molecule has 11 heteroatoms. The maximum atomic E-state index is 12.9. The molecule has 176 valence electrons. The third kappa shape index (κ3) is 5.40. The minimum absolute atomic E-state index is 0.0357. The second kappa shape index (κ2) is 9.98. The fraction of sp³-hybridized carbons (Fsp3) is 0.455. The molecule has 3 aromatic rings. The zero-order chi connectivity index (χ0) is 23.4. The summed E-state index contributed by atoms with van der Waals surface area (Å²) in [5.74, 6) is 1.16. The van der Waals surface area contributed by atoms with Crippen molar-refractivity contribution < 1.29 is 18.0 Å². The van der Waals surface area contributed by atoms with Gasteiger partial charge in [0.05, 0.1) is 23.7 Å². The Kier molecular flexibility index (Phi) is 7.06. The molecule has 0 spiro atoms. The van der Waals surface area contributed by atoms with Gasteiger partial charge in [0.1, 0.15) is 5.82 Å². The molecule has 1 aromatic carbocycles. The number of carbonyl (C=O) groups is 1. The van der Waals surface area contributed by atoms with E-state index in [4.69, 9.17) is 4.98 Å². The highest BCUT2D eigenvalue weighted by Crippen LogP contribution is 2.30. The number of rotatable bonds is 7. The number of amides is 1. The van der Waals surface area contributed by atoms with Gasteiger partial charge in [-0.3, -0.25) is 4.79 Å². The van der Waals surface area contributed by atoms with E-state index in [9.17, 15) is 18.0 Å². The predicted octanol–water partition coefficient (Wildman–Crippen LogP) is 4.38. The van der Waals surface area contributed by atoms with Crippen LogP contribution in [0.5, 0.6) is 0 Å². The lowest BCUT2D eigenvalue weighted by atomic mass is 10.1. The van der Waals surface area contributed by atoms with Crippen LogP contribution >= 0.6 is 11.8 Å². The minimum Gasteiger partial charge on any atom is -0.356 e. The molecule has 0 aliphatic carbocycles. The molecule has 4 rings (SSSR count). The topological polar surface area (TPSA) is 75.9 Å². The van der Waals surface area contributed by atoms with Gasteiger partial charge in [0.25, 0.3) is 5.91 Å². The zero-order valence-electron chi connectivity index (χ0n) is 18.2. The van der Waals surface area contributed by atoms with Gasteiger partial charge in [-0.1, -0.05) is 24.8 Å². The molecule has 7 nitrogen and oxygen atoms in total. The summed E-state index contributed by atoms with van der Waals surface area (Å²) in [6.07, 6.45) is 0.708. The van der Waals surface area contributed by atoms with Crippen LogP contribution < -0.4 is 10.2 Å². The van der Waals surface area contributed by atoms with Crippen molar-refractivity contribution in [1.29, 1.82) is 0 Å². The second-order valence-electron chi connectivity index (χ2n) is 7.75. The van der Waals surface area contributed by atoms with Crippen LogP contribution in [-0.2, 0) is 12.7 Å². The van der Waals surface area contributed by atoms with E-state index in [-0.39, 0.29) is 12.1 Å². The first-order valence-corrected chi connectivity index (χ1v) is 11.9. The number of benzene rings is 1. The number of aromatic nitrogens is 4. The van der Waals surface area contributed by atoms with Crippen molar-refractivity contribution in [2.45, 2.75) is 44.1 Å². The number of hydrogen-bond donors (Lipinski definition) is 1. The molecule has 1 N–H and O–H groups in total. The summed E-state index contributed by atoms with van der Waals surface area (Å²) in [4.78, 5) is 24.1. The van der Waals surface area contributed by atoms with Crippen molar-refractivity contribution in [3.05, 3.63) is 41.6 Å². The fourth-order valence-corrected chi connectivity index (χ4v) is 4.40. The third-order valence-electron chi connectivity index (χ3n) is 5.45. The van der Waals surface area contributed by atoms with Crippen molar-refractivity contribution in [2.75, 3.05) is 30.3 Å². The van der Waals surface area contributed by atoms with Crippen LogP contribution in [0.25, 0.3) is 11.0 Å². The lowest BCUT2D eigenvalue weighted by Gasteiger charge is -2.28. The van der Waals surface area contributed by atoms with Gasteiger partial charge < -0.3 is 10.2 Å². The van der Waals surface area contributed by atoms with Gasteiger partial charge in [-0.05, 0) is 43.2 Å². The quantitative estimate of drug-likeness (QED) is 0.401. The first-order valence-electron chi connectivity index (χ1n) is 10.9. The highest BCUT2D eigenvalue weighted by atomic mass is 32.2. The number of thioether (sulfide) groups is 1. The largest absolute Gasteiger partial charge is 0.416 e. The first-order chi connectivity index (χ1) is 15.9. The van der Waals surface area contributed by atoms with Gasteiger partial charge in [0, 0.05) is 25.2 Å². The molecule has 3 heterocycles. The van der Waals surface area contributed by atoms with Crippen LogP contribution in [0.15, 0.2) is 35.6 Å². The molecule has 1 aliphatic rings. The van der Waals surface area contributed by atoms with Gasteiger partial charge in [-0.2, -0.15) is 18.3 Å². The van der Waals surface area contributed by atoms with Gasteiger partial charge >= 0.3 is 6.18 Å². The van der Waals surface area contributed by atoms with Crippen molar-refractivity contribution in [2.24, 2.45) is 0 Å². The summed E-state index contributed by atoms with van der Waals surface area (Å²) >= 11 is 1.56. The Balaban J connectivity index is 1.50. The Morgan fingerprint density at radius 1 is 1.18 bits per heavy atom. The minimum atomic E-state index is -4.50. The maximum absolute atomic E-state index is 12.9. The van der Waals surface area contributed by atoms with Gasteiger partial charge in [0.15, 0.2) is 10.8 Å². The molecule has 0 saturated carbocycles. The fourth-order valence-electron chi connectivity index (χ4n) is 3.84. The summed E-state index contributed by atoms with van der Waals surface area (Å²) < 4.78 is 40.4. The lowest BCUT2D eigenvalue weighted by molar-refractivity contribution is -0.137. The molecule has 0 radical (unpaired) electrons. The molecule has 1 saturated heterocycles. The molecule has 1 fully saturated rings. The van der Waals surface area contributed by atoms with E-state index < -0.39 is 17.6 Å². The van der Waals surface area contributed by atoms with Crippen LogP contribution in [0.3, 0.4) is 0 Å². The first kappa shape index (κ1) is 23.3. The predicted molar refractivity (Wildman–Crippen MR) is 122 cm³/mol. The summed E-state index contributed by atoms with van der Waals surface area (Å²) in [5, 5.41) is 8.66. The molecule has 33 heavy (non-hydrogen) atoms. The highest BCUT2D eigenvalue weighted by Gasteiger charge is 2.30. The van der Waals surface area contributed by atoms with Crippen molar-refractivity contribution in [1.82, 2.24) is 25.1 Å². The molecule has 2 aromatic heterocycles. The monoisotopic (exact) mass is 478 g/mol. The number of hydrogen-bond acceptors (Lipinski definition) is 6. The average molecular weight is 479 g/mol. The number of carbonyl (C=O) groups excluding carboxylic acids is 1. The van der Waals surface area contributed by atoms with Crippen LogP contribution in [0.1, 0.15) is 42.1 Å². The number of halogens is 3. The molecule has 1 amide bonds. The summed E-state index contributed by atoms with van der Waals surface area (Å²) in [5.41, 5.74) is -0.197. The molecule has 0 bridgehead atoms. The van der Waals surface area contributed by atoms with Crippen LogP contribution in [0, 0.1) is 0 Å². The zero-order valence-corrected chi connectivity index (χ0v) is 19.0. The SMILES string of the molecule is CCSc1nc(N2CCCCC2)c2cnn(CCNC(=O)c3cccc(C(F)(F)F)c3)c2n1. The summed E-state index contributed by atoms with van der Waals surface area (Å²) in [6.45, 7) is 4.46. The van der Waals surface area contributed by atoms with Gasteiger partial charge in [-0.25, -0.2) is 14.6 Å². The number of alkyl halides is 3. The standard InChI is InChI=1S/C22H25F3N6OS/c1-2-33-21-28-18(30-10-4-3-5-11-30)17-14-27-31(19(17)29-21)12-9-26-20(32)15-7-6-8-16(13-15)22(23,24)25/h6-8,13-14H,2-5,9-12H2,1H3,(H,26,32). The molecular weight excluding hydrogens is 453 g/mol. The molecular formula is C22H25F3N6OS. The van der Waals surface area contributed by atoms with Gasteiger partial charge in [-0.15, -0.1) is 0 Å². The normalized spacial score (nSPS) is 14.6. The van der Waals surface area contributed by atoms with Gasteiger partial charge in [0.2, 0.25) is 0 Å². The van der Waals surface area contributed by atoms with E-state index >= 15 is 0 Å². The van der Waals surface area contributed by atoms with Crippen LogP contribution in [0.4, 0.5) is 19.0 Å². The Labute approximate surface area is 193 Å². The Morgan fingerprint density at radius 3 is 2.70 bits per heavy atom. The lowest BCUT2D eigenvalue weighted by Crippen LogP contribution is -2.30. The van der Waals surface area contributed by atoms with Crippen molar-refractivity contribution in [3.63, 3.8) is 0 Å². The van der Waals surface area contributed by atoms with E-state index in [0.717, 1.165) is 55.0 Å². The van der Waals surface area contributed by atoms with E-state index in [1.54, 1.807) is 22.6 Å². The molecule has 0 unspecified atom stereocenters. The van der Waals surface area contributed by atoms with E-state index in [2.05, 4.69) is 20.3 Å². The number of nitrogens with one attached hydrogen (secondary N) is 1. The number of anilines is 1. The van der Waals surface area contributed by atoms with Crippen LogP contribution in [-0.4, -0.2) is 51.0 Å². The average Bonchev–Trinajstić information content (AvgIpc) is 3.22. The number of nitrogens with zero attached hydrogens (tertiary/aromatic N) is 5. The molecule has 1 aliphatic heterocycles. The van der Waals surface area contributed by atoms with E-state index in [1.165, 1.54) is 18.6 Å². The van der Waals surface area contributed by atoms with E-state index in [0.29, 0.717) is 17.3 Å². The summed E-state index contributed by atoms with van der Waals surface area (Å²) in [7, 11) is 0. The third-order valence-corrected chi connectivity index (χ3v) is 6.18. The number of fused-ring (bicyclic) bond motifs is 1. The van der Waals surface area contributed by atoms with Crippen molar-refractivity contribution in [3.8, 4) is 0 Å². The smallest absolute Gasteiger partial charge is 0.356 e. The maximum Gasteiger partial charge on any atom is 0.416 e. The summed E-state index contributed by atoms with van der Waals surface area (Å²) in [6, 6.07) is 4.38. The Bertz CT molecular complexity index is 1130. The Morgan fingerprint density at radius 2 is 1.97 bits per heavy atom. The molecule has 0 atom stereocenters.